The molecule has 0 atom stereocenters. The van der Waals surface area contributed by atoms with Crippen molar-refractivity contribution in [2.45, 2.75) is 0 Å². The van der Waals surface area contributed by atoms with E-state index in [1.807, 2.05) is 11.3 Å². The van der Waals surface area contributed by atoms with Crippen LogP contribution >= 0.6 is 11.3 Å². The lowest BCUT2D eigenvalue weighted by atomic mass is 9.97. The Morgan fingerprint density at radius 1 is 0.309 bits per heavy atom. The van der Waals surface area contributed by atoms with E-state index >= 15 is 0 Å². The minimum absolute atomic E-state index is 1.17. The van der Waals surface area contributed by atoms with Gasteiger partial charge in [-0.3, -0.25) is 0 Å². The largest absolute Gasteiger partial charge is 0.309 e. The number of thiophene rings is 1. The molecule has 0 N–H and O–H groups in total. The third-order valence-corrected chi connectivity index (χ3v) is 12.6. The Bertz CT molecular complexity index is 3470. The number of rotatable bonds is 4. The molecule has 9 aromatic carbocycles. The lowest BCUT2D eigenvalue weighted by molar-refractivity contribution is 1.18. The second-order valence-electron chi connectivity index (χ2n) is 14.5. The van der Waals surface area contributed by atoms with Gasteiger partial charge < -0.3 is 9.13 Å². The summed E-state index contributed by atoms with van der Waals surface area (Å²) >= 11 is 1.87. The highest BCUT2D eigenvalue weighted by atomic mass is 32.1. The van der Waals surface area contributed by atoms with Gasteiger partial charge in [0.2, 0.25) is 0 Å². The quantitative estimate of drug-likeness (QED) is 0.172. The van der Waals surface area contributed by atoms with Crippen LogP contribution < -0.4 is 0 Å². The Hall–Kier alpha value is -6.94. The van der Waals surface area contributed by atoms with Crippen LogP contribution in [0, 0.1) is 0 Å². The number of fused-ring (bicyclic) bond motifs is 10. The minimum atomic E-state index is 1.17. The number of benzene rings is 9. The van der Waals surface area contributed by atoms with Crippen LogP contribution in [0.25, 0.3) is 108 Å². The molecule has 0 spiro atoms. The maximum Gasteiger partial charge on any atom is 0.0547 e. The summed E-state index contributed by atoms with van der Waals surface area (Å²) in [5.41, 5.74) is 12.1. The molecule has 0 aliphatic carbocycles. The third kappa shape index (κ3) is 4.60. The molecule has 0 amide bonds. The zero-order valence-electron chi connectivity index (χ0n) is 29.8. The van der Waals surface area contributed by atoms with E-state index in [-0.39, 0.29) is 0 Å². The van der Waals surface area contributed by atoms with E-state index in [1.54, 1.807) is 0 Å². The van der Waals surface area contributed by atoms with Crippen LogP contribution in [0.4, 0.5) is 0 Å². The standard InChI is InChI=1S/C52H32N2S/c1-3-12-33(13-4-1)40-19-11-20-48-52(40)45-30-37(23-26-47(45)54(48)39-24-27-51-44(32-39)41-18-9-10-21-50(41)55-51)36-22-25-46-42(29-36)43-28-34-14-7-8-15-35(34)31-49(43)53(46)38-16-5-2-6-17-38/h1-32H. The Balaban J connectivity index is 1.12. The summed E-state index contributed by atoms with van der Waals surface area (Å²) in [7, 11) is 0. The zero-order valence-corrected chi connectivity index (χ0v) is 30.6. The van der Waals surface area contributed by atoms with Gasteiger partial charge in [0.1, 0.15) is 0 Å². The SMILES string of the molecule is c1ccc(-c2cccc3c2c2cc(-c4ccc5c(c4)c4cc6ccccc6cc4n5-c4ccccc4)ccc2n3-c2ccc3sc4ccccc4c3c2)cc1. The van der Waals surface area contributed by atoms with E-state index in [1.165, 1.54) is 108 Å². The summed E-state index contributed by atoms with van der Waals surface area (Å²) in [4.78, 5) is 0. The number of hydrogen-bond acceptors (Lipinski definition) is 1. The van der Waals surface area contributed by atoms with Crippen molar-refractivity contribution in [3.8, 4) is 33.6 Å². The maximum atomic E-state index is 2.47. The van der Waals surface area contributed by atoms with Crippen molar-refractivity contribution in [2.75, 3.05) is 0 Å². The predicted octanol–water partition coefficient (Wildman–Crippen LogP) is 14.7. The minimum Gasteiger partial charge on any atom is -0.309 e. The molecule has 0 saturated carbocycles. The van der Waals surface area contributed by atoms with Crippen LogP contribution in [-0.4, -0.2) is 9.13 Å². The van der Waals surface area contributed by atoms with Gasteiger partial charge in [-0.25, -0.2) is 0 Å². The van der Waals surface area contributed by atoms with Crippen LogP contribution in [0.2, 0.25) is 0 Å². The number of nitrogens with zero attached hydrogens (tertiary/aromatic N) is 2. The van der Waals surface area contributed by atoms with Gasteiger partial charge in [-0.1, -0.05) is 115 Å². The maximum absolute atomic E-state index is 2.47. The van der Waals surface area contributed by atoms with Crippen LogP contribution in [0.5, 0.6) is 0 Å². The van der Waals surface area contributed by atoms with Crippen molar-refractivity contribution >= 4 is 85.9 Å². The molecule has 12 rings (SSSR count). The number of aromatic nitrogens is 2. The molecule has 0 fully saturated rings. The van der Waals surface area contributed by atoms with Gasteiger partial charge in [0, 0.05) is 53.1 Å². The first-order valence-corrected chi connectivity index (χ1v) is 19.7. The van der Waals surface area contributed by atoms with Gasteiger partial charge in [0.15, 0.2) is 0 Å². The Kier molecular flexibility index (Phi) is 6.54. The van der Waals surface area contributed by atoms with Gasteiger partial charge in [-0.2, -0.15) is 0 Å². The van der Waals surface area contributed by atoms with Crippen molar-refractivity contribution in [3.63, 3.8) is 0 Å². The molecule has 0 aliphatic heterocycles. The van der Waals surface area contributed by atoms with E-state index in [2.05, 4.69) is 203 Å². The molecule has 0 saturated heterocycles. The third-order valence-electron chi connectivity index (χ3n) is 11.5. The molecular formula is C52H32N2S. The second kappa shape index (κ2) is 11.8. The van der Waals surface area contributed by atoms with E-state index in [0.717, 1.165) is 0 Å². The summed E-state index contributed by atoms with van der Waals surface area (Å²) < 4.78 is 7.52. The molecule has 0 bridgehead atoms. The average Bonchev–Trinajstić information content (AvgIpc) is 3.90. The van der Waals surface area contributed by atoms with E-state index in [0.29, 0.717) is 0 Å². The molecule has 12 aromatic rings. The molecule has 55 heavy (non-hydrogen) atoms. The number of hydrogen-bond donors (Lipinski definition) is 0. The molecule has 3 heterocycles. The molecule has 3 heteroatoms. The first-order valence-electron chi connectivity index (χ1n) is 18.8. The Morgan fingerprint density at radius 2 is 0.945 bits per heavy atom. The Morgan fingerprint density at radius 3 is 1.76 bits per heavy atom. The molecular weight excluding hydrogens is 685 g/mol. The van der Waals surface area contributed by atoms with Gasteiger partial charge in [-0.05, 0) is 112 Å². The van der Waals surface area contributed by atoms with E-state index < -0.39 is 0 Å². The van der Waals surface area contributed by atoms with Crippen molar-refractivity contribution in [1.82, 2.24) is 9.13 Å². The van der Waals surface area contributed by atoms with Crippen LogP contribution in [-0.2, 0) is 0 Å². The molecule has 256 valence electrons. The second-order valence-corrected chi connectivity index (χ2v) is 15.6. The monoisotopic (exact) mass is 716 g/mol. The first-order chi connectivity index (χ1) is 27.3. The fourth-order valence-corrected chi connectivity index (χ4v) is 10.1. The summed E-state index contributed by atoms with van der Waals surface area (Å²) in [6, 6.07) is 71.6. The van der Waals surface area contributed by atoms with Crippen molar-refractivity contribution in [2.24, 2.45) is 0 Å². The first kappa shape index (κ1) is 30.5. The average molecular weight is 717 g/mol. The lowest BCUT2D eigenvalue weighted by Gasteiger charge is -2.10. The fraction of sp³-hybridized carbons (Fsp3) is 0. The van der Waals surface area contributed by atoms with Crippen molar-refractivity contribution in [1.29, 1.82) is 0 Å². The summed E-state index contributed by atoms with van der Waals surface area (Å²) in [5.74, 6) is 0. The summed E-state index contributed by atoms with van der Waals surface area (Å²) in [6.45, 7) is 0. The number of para-hydroxylation sites is 1. The molecule has 0 unspecified atom stereocenters. The topological polar surface area (TPSA) is 9.86 Å². The summed E-state index contributed by atoms with van der Waals surface area (Å²) in [5, 5.41) is 10.2. The molecule has 0 radical (unpaired) electrons. The smallest absolute Gasteiger partial charge is 0.0547 e. The molecule has 2 nitrogen and oxygen atoms in total. The van der Waals surface area contributed by atoms with Crippen LogP contribution in [0.3, 0.4) is 0 Å². The van der Waals surface area contributed by atoms with Gasteiger partial charge >= 0.3 is 0 Å². The highest BCUT2D eigenvalue weighted by molar-refractivity contribution is 7.25. The molecule has 3 aromatic heterocycles. The van der Waals surface area contributed by atoms with Gasteiger partial charge in [0.05, 0.1) is 22.1 Å². The van der Waals surface area contributed by atoms with Crippen LogP contribution in [0.1, 0.15) is 0 Å². The molecule has 0 aliphatic rings. The zero-order chi connectivity index (χ0) is 36.0. The summed E-state index contributed by atoms with van der Waals surface area (Å²) in [6.07, 6.45) is 0. The van der Waals surface area contributed by atoms with Gasteiger partial charge in [-0.15, -0.1) is 11.3 Å². The Labute approximate surface area is 321 Å². The van der Waals surface area contributed by atoms with Crippen molar-refractivity contribution < 1.29 is 0 Å². The van der Waals surface area contributed by atoms with E-state index in [4.69, 9.17) is 0 Å². The highest BCUT2D eigenvalue weighted by Crippen LogP contribution is 2.43. The van der Waals surface area contributed by atoms with Crippen molar-refractivity contribution in [3.05, 3.63) is 194 Å². The normalized spacial score (nSPS) is 12.0. The van der Waals surface area contributed by atoms with E-state index in [9.17, 15) is 0 Å². The highest BCUT2D eigenvalue weighted by Gasteiger charge is 2.19. The van der Waals surface area contributed by atoms with Crippen LogP contribution in [0.15, 0.2) is 194 Å². The van der Waals surface area contributed by atoms with Gasteiger partial charge in [0.25, 0.3) is 0 Å². The fourth-order valence-electron chi connectivity index (χ4n) is 8.98. The lowest BCUT2D eigenvalue weighted by Crippen LogP contribution is -1.94. The predicted molar refractivity (Wildman–Crippen MR) is 236 cm³/mol.